The van der Waals surface area contributed by atoms with Gasteiger partial charge in [-0.15, -0.1) is 24.8 Å². The lowest BCUT2D eigenvalue weighted by atomic mass is 10.1. The second-order valence-electron chi connectivity index (χ2n) is 8.12. The van der Waals surface area contributed by atoms with Crippen molar-refractivity contribution in [2.45, 2.75) is 6.92 Å². The number of pyridine rings is 3. The summed E-state index contributed by atoms with van der Waals surface area (Å²) in [5, 5.41) is 12.7. The number of rotatable bonds is 8. The van der Waals surface area contributed by atoms with E-state index in [4.69, 9.17) is 16.3 Å². The molecule has 196 valence electrons. The number of carbonyl (C=O) groups excluding carboxylic acids is 1. The minimum atomic E-state index is -0.859. The Hall–Kier alpha value is -3.24. The summed E-state index contributed by atoms with van der Waals surface area (Å²) in [4.78, 5) is 27.7. The first-order valence-electron chi connectivity index (χ1n) is 10.7. The van der Waals surface area contributed by atoms with Gasteiger partial charge < -0.3 is 20.1 Å². The van der Waals surface area contributed by atoms with Gasteiger partial charge in [0.25, 0.3) is 0 Å². The summed E-state index contributed by atoms with van der Waals surface area (Å²) in [5.74, 6) is -1.21. The third-order valence-corrected chi connectivity index (χ3v) is 5.49. The number of fused-ring (bicyclic) bond motifs is 1. The maximum absolute atomic E-state index is 14.1. The normalized spacial score (nSPS) is 10.5. The summed E-state index contributed by atoms with van der Waals surface area (Å²) in [6.07, 6.45) is 3.08. The van der Waals surface area contributed by atoms with Crippen molar-refractivity contribution in [1.82, 2.24) is 19.9 Å². The van der Waals surface area contributed by atoms with Gasteiger partial charge in [0.15, 0.2) is 17.3 Å². The van der Waals surface area contributed by atoms with Crippen molar-refractivity contribution in [3.8, 4) is 22.9 Å². The summed E-state index contributed by atoms with van der Waals surface area (Å²) >= 11 is 5.95. The molecule has 1 aromatic carbocycles. The van der Waals surface area contributed by atoms with Crippen LogP contribution in [0.3, 0.4) is 0 Å². The van der Waals surface area contributed by atoms with Crippen molar-refractivity contribution < 1.29 is 19.0 Å². The largest absolute Gasteiger partial charge is 0.504 e. The molecule has 0 radical (unpaired) electrons. The molecule has 0 aliphatic carbocycles. The maximum atomic E-state index is 14.1. The highest BCUT2D eigenvalue weighted by molar-refractivity contribution is 6.32. The zero-order valence-corrected chi connectivity index (χ0v) is 22.5. The van der Waals surface area contributed by atoms with Crippen LogP contribution in [-0.4, -0.2) is 58.0 Å². The average Bonchev–Trinajstić information content (AvgIpc) is 2.82. The maximum Gasteiger partial charge on any atom is 0.213 e. The lowest BCUT2D eigenvalue weighted by molar-refractivity contribution is 0.101. The summed E-state index contributed by atoms with van der Waals surface area (Å²) < 4.78 is 19.7. The van der Waals surface area contributed by atoms with Gasteiger partial charge in [-0.05, 0) is 51.4 Å². The Bertz CT molecular complexity index is 1380. The van der Waals surface area contributed by atoms with E-state index in [1.807, 2.05) is 19.0 Å². The van der Waals surface area contributed by atoms with Gasteiger partial charge in [0.05, 0.1) is 39.4 Å². The first-order chi connectivity index (χ1) is 16.7. The van der Waals surface area contributed by atoms with Gasteiger partial charge in [-0.2, -0.15) is 0 Å². The summed E-state index contributed by atoms with van der Waals surface area (Å²) in [7, 11) is 3.92. The molecule has 0 fully saturated rings. The van der Waals surface area contributed by atoms with Crippen LogP contribution in [0.15, 0.2) is 48.8 Å². The van der Waals surface area contributed by atoms with Crippen LogP contribution >= 0.6 is 36.4 Å². The first-order valence-corrected chi connectivity index (χ1v) is 11.1. The van der Waals surface area contributed by atoms with Gasteiger partial charge in [-0.1, -0.05) is 11.6 Å². The molecule has 8 nitrogen and oxygen atoms in total. The standard InChI is InChI=1S/C25H23ClFN5O3.2ClH/c1-14(33)17-13-28-21-6-5-20(15-10-18(26)25(34)19(27)11-15)31-24(21)23(17)30-16-4-7-22(29-12-16)35-9-8-32(2)3;;/h4-7,10-13,34H,8-9H2,1-3H3,(H,28,30);2*1H. The summed E-state index contributed by atoms with van der Waals surface area (Å²) in [5.41, 5.74) is 3.10. The molecule has 12 heteroatoms. The lowest BCUT2D eigenvalue weighted by Gasteiger charge is -2.14. The number of nitrogens with zero attached hydrogens (tertiary/aromatic N) is 4. The van der Waals surface area contributed by atoms with Gasteiger partial charge in [-0.25, -0.2) is 14.4 Å². The molecule has 0 aliphatic rings. The molecule has 4 rings (SSSR count). The van der Waals surface area contributed by atoms with Crippen LogP contribution in [0, 0.1) is 5.82 Å². The average molecular weight is 569 g/mol. The molecule has 0 saturated heterocycles. The van der Waals surface area contributed by atoms with Gasteiger partial charge in [0.2, 0.25) is 5.88 Å². The molecule has 0 aliphatic heterocycles. The lowest BCUT2D eigenvalue weighted by Crippen LogP contribution is -2.19. The van der Waals surface area contributed by atoms with Gasteiger partial charge >= 0.3 is 0 Å². The topological polar surface area (TPSA) is 100 Å². The number of ketones is 1. The smallest absolute Gasteiger partial charge is 0.213 e. The molecule has 0 unspecified atom stereocenters. The Kier molecular flexibility index (Phi) is 10.4. The number of Topliss-reactive ketones (excluding diaryl/α,β-unsaturated/α-hetero) is 1. The summed E-state index contributed by atoms with van der Waals surface area (Å²) in [6.45, 7) is 2.70. The summed E-state index contributed by atoms with van der Waals surface area (Å²) in [6, 6.07) is 9.45. The molecule has 0 bridgehead atoms. The Balaban J connectivity index is 0.00000241. The van der Waals surface area contributed by atoms with E-state index in [9.17, 15) is 14.3 Å². The number of hydrogen-bond acceptors (Lipinski definition) is 8. The second kappa shape index (κ2) is 12.8. The number of aromatic hydroxyl groups is 1. The fraction of sp³-hybridized carbons (Fsp3) is 0.200. The van der Waals surface area contributed by atoms with Crippen molar-refractivity contribution in [1.29, 1.82) is 0 Å². The molecule has 0 spiro atoms. The van der Waals surface area contributed by atoms with Crippen molar-refractivity contribution in [3.05, 3.63) is 65.2 Å². The molecule has 0 atom stereocenters. The highest BCUT2D eigenvalue weighted by atomic mass is 35.5. The zero-order chi connectivity index (χ0) is 25.1. The monoisotopic (exact) mass is 567 g/mol. The Labute approximate surface area is 230 Å². The number of likely N-dealkylation sites (N-methyl/N-ethyl adjacent to an activating group) is 1. The number of aromatic nitrogens is 3. The van der Waals surface area contributed by atoms with Crippen LogP contribution in [0.4, 0.5) is 15.8 Å². The van der Waals surface area contributed by atoms with E-state index in [-0.39, 0.29) is 35.6 Å². The number of hydrogen-bond donors (Lipinski definition) is 2. The van der Waals surface area contributed by atoms with Crippen LogP contribution in [-0.2, 0) is 0 Å². The third-order valence-electron chi connectivity index (χ3n) is 5.20. The van der Waals surface area contributed by atoms with E-state index in [0.29, 0.717) is 51.7 Å². The van der Waals surface area contributed by atoms with Gasteiger partial charge in [-0.3, -0.25) is 9.78 Å². The van der Waals surface area contributed by atoms with Crippen molar-refractivity contribution in [3.63, 3.8) is 0 Å². The van der Waals surface area contributed by atoms with E-state index >= 15 is 0 Å². The number of phenolic OH excluding ortho intramolecular Hbond substituents is 1. The SMILES string of the molecule is CC(=O)c1cnc2ccc(-c3cc(F)c(O)c(Cl)c3)nc2c1Nc1ccc(OCCN(C)C)nc1.Cl.Cl. The van der Waals surface area contributed by atoms with Crippen molar-refractivity contribution in [2.75, 3.05) is 32.6 Å². The van der Waals surface area contributed by atoms with E-state index in [2.05, 4.69) is 20.3 Å². The predicted molar refractivity (Wildman–Crippen MR) is 148 cm³/mol. The third kappa shape index (κ3) is 6.95. The van der Waals surface area contributed by atoms with Crippen LogP contribution < -0.4 is 10.1 Å². The fourth-order valence-corrected chi connectivity index (χ4v) is 3.56. The number of benzene rings is 1. The van der Waals surface area contributed by atoms with Crippen LogP contribution in [0.5, 0.6) is 11.6 Å². The van der Waals surface area contributed by atoms with Crippen LogP contribution in [0.2, 0.25) is 5.02 Å². The molecule has 0 saturated carbocycles. The van der Waals surface area contributed by atoms with E-state index in [1.54, 1.807) is 30.5 Å². The van der Waals surface area contributed by atoms with Crippen molar-refractivity contribution >= 4 is 64.6 Å². The quantitative estimate of drug-likeness (QED) is 0.253. The van der Waals surface area contributed by atoms with Gasteiger partial charge in [0.1, 0.15) is 12.1 Å². The highest BCUT2D eigenvalue weighted by Gasteiger charge is 2.17. The molecular weight excluding hydrogens is 544 g/mol. The Morgan fingerprint density at radius 2 is 1.89 bits per heavy atom. The van der Waals surface area contributed by atoms with E-state index in [1.165, 1.54) is 19.2 Å². The second-order valence-corrected chi connectivity index (χ2v) is 8.52. The minimum absolute atomic E-state index is 0. The molecule has 3 heterocycles. The zero-order valence-electron chi connectivity index (χ0n) is 20.2. The number of ether oxygens (including phenoxy) is 1. The van der Waals surface area contributed by atoms with Crippen molar-refractivity contribution in [2.24, 2.45) is 0 Å². The molecule has 3 aromatic heterocycles. The highest BCUT2D eigenvalue weighted by Crippen LogP contribution is 2.34. The number of nitrogens with one attached hydrogen (secondary N) is 1. The fourth-order valence-electron chi connectivity index (χ4n) is 3.35. The predicted octanol–water partition coefficient (Wildman–Crippen LogP) is 5.92. The van der Waals surface area contributed by atoms with Crippen LogP contribution in [0.1, 0.15) is 17.3 Å². The molecule has 37 heavy (non-hydrogen) atoms. The number of anilines is 2. The van der Waals surface area contributed by atoms with E-state index < -0.39 is 11.6 Å². The Morgan fingerprint density at radius 3 is 2.51 bits per heavy atom. The van der Waals surface area contributed by atoms with Gasteiger partial charge in [0, 0.05) is 24.4 Å². The number of halogens is 4. The number of phenols is 1. The molecule has 4 aromatic rings. The minimum Gasteiger partial charge on any atom is -0.504 e. The first kappa shape index (κ1) is 30.0. The molecule has 0 amide bonds. The Morgan fingerprint density at radius 1 is 1.14 bits per heavy atom. The van der Waals surface area contributed by atoms with Crippen LogP contribution in [0.25, 0.3) is 22.3 Å². The molecular formula is C25H25Cl3FN5O3. The number of carbonyl (C=O) groups is 1. The molecule has 2 N–H and O–H groups in total. The van der Waals surface area contributed by atoms with E-state index in [0.717, 1.165) is 12.6 Å².